The molecule has 1 heterocycles. The van der Waals surface area contributed by atoms with Crippen LogP contribution in [0.4, 0.5) is 8.78 Å². The number of para-hydroxylation sites is 1. The molecule has 3 nitrogen and oxygen atoms in total. The Morgan fingerprint density at radius 1 is 1.37 bits per heavy atom. The van der Waals surface area contributed by atoms with Crippen molar-refractivity contribution < 1.29 is 18.3 Å². The first-order chi connectivity index (χ1) is 8.98. The minimum atomic E-state index is -2.82. The van der Waals surface area contributed by atoms with Crippen LogP contribution in [0.5, 0.6) is 5.75 Å². The number of benzene rings is 1. The van der Waals surface area contributed by atoms with E-state index in [4.69, 9.17) is 4.74 Å². The summed E-state index contributed by atoms with van der Waals surface area (Å²) in [5.41, 5.74) is 0.654. The molecule has 19 heavy (non-hydrogen) atoms. The van der Waals surface area contributed by atoms with E-state index in [1.54, 1.807) is 24.3 Å². The highest BCUT2D eigenvalue weighted by Gasteiger charge is 2.26. The van der Waals surface area contributed by atoms with Crippen LogP contribution in [-0.4, -0.2) is 25.3 Å². The molecule has 5 heteroatoms. The smallest absolute Gasteiger partial charge is 0.387 e. The fourth-order valence-corrected chi connectivity index (χ4v) is 2.12. The molecule has 1 fully saturated rings. The molecule has 2 rings (SSSR count). The van der Waals surface area contributed by atoms with E-state index < -0.39 is 6.61 Å². The van der Waals surface area contributed by atoms with Crippen molar-refractivity contribution in [3.05, 3.63) is 29.8 Å². The van der Waals surface area contributed by atoms with Crippen molar-refractivity contribution >= 4 is 0 Å². The first kappa shape index (κ1) is 14.2. The Morgan fingerprint density at radius 2 is 2.11 bits per heavy atom. The summed E-state index contributed by atoms with van der Waals surface area (Å²) >= 11 is 0. The van der Waals surface area contributed by atoms with E-state index in [2.05, 4.69) is 23.9 Å². The fraction of sp³-hybridized carbons (Fsp3) is 0.571. The van der Waals surface area contributed by atoms with Gasteiger partial charge in [0.25, 0.3) is 0 Å². The van der Waals surface area contributed by atoms with Crippen LogP contribution >= 0.6 is 0 Å². The van der Waals surface area contributed by atoms with E-state index in [9.17, 15) is 8.78 Å². The second kappa shape index (κ2) is 5.84. The van der Waals surface area contributed by atoms with E-state index in [1.807, 2.05) is 0 Å². The van der Waals surface area contributed by atoms with Gasteiger partial charge in [-0.05, 0) is 26.3 Å². The first-order valence-electron chi connectivity index (χ1n) is 6.38. The highest BCUT2D eigenvalue weighted by Crippen LogP contribution is 2.30. The number of nitrogens with one attached hydrogen (secondary N) is 1. The molecule has 1 aromatic carbocycles. The van der Waals surface area contributed by atoms with Gasteiger partial charge in [-0.25, -0.2) is 0 Å². The summed E-state index contributed by atoms with van der Waals surface area (Å²) in [6.45, 7) is 2.54. The van der Waals surface area contributed by atoms with Crippen LogP contribution in [0.15, 0.2) is 24.3 Å². The lowest BCUT2D eigenvalue weighted by Crippen LogP contribution is -2.39. The third kappa shape index (κ3) is 3.88. The second-order valence-corrected chi connectivity index (χ2v) is 5.29. The molecule has 0 spiro atoms. The molecule has 1 aliphatic rings. The summed E-state index contributed by atoms with van der Waals surface area (Å²) < 4.78 is 35.1. The number of ether oxygens (including phenoxy) is 2. The molecule has 0 radical (unpaired) electrons. The Balaban J connectivity index is 2.17. The van der Waals surface area contributed by atoms with E-state index in [0.29, 0.717) is 18.7 Å². The summed E-state index contributed by atoms with van der Waals surface area (Å²) in [5, 5.41) is 3.38. The molecule has 106 valence electrons. The molecule has 1 aromatic rings. The maximum atomic E-state index is 12.4. The molecule has 0 saturated carbocycles. The molecule has 1 aliphatic heterocycles. The van der Waals surface area contributed by atoms with Crippen molar-refractivity contribution in [2.45, 2.75) is 38.5 Å². The van der Waals surface area contributed by atoms with Gasteiger partial charge in [-0.3, -0.25) is 0 Å². The van der Waals surface area contributed by atoms with Crippen molar-refractivity contribution in [1.29, 1.82) is 0 Å². The van der Waals surface area contributed by atoms with Crippen LogP contribution < -0.4 is 10.1 Å². The highest BCUT2D eigenvalue weighted by molar-refractivity contribution is 5.35. The van der Waals surface area contributed by atoms with Gasteiger partial charge in [0.1, 0.15) is 5.75 Å². The molecule has 1 N–H and O–H groups in total. The number of rotatable bonds is 3. The van der Waals surface area contributed by atoms with Gasteiger partial charge in [0, 0.05) is 24.3 Å². The number of alkyl halides is 2. The molecule has 1 atom stereocenters. The predicted molar refractivity (Wildman–Crippen MR) is 68.5 cm³/mol. The lowest BCUT2D eigenvalue weighted by molar-refractivity contribution is -0.0524. The van der Waals surface area contributed by atoms with Gasteiger partial charge < -0.3 is 14.8 Å². The quantitative estimate of drug-likeness (QED) is 0.916. The zero-order chi connectivity index (χ0) is 13.9. The van der Waals surface area contributed by atoms with E-state index in [-0.39, 0.29) is 17.4 Å². The van der Waals surface area contributed by atoms with Gasteiger partial charge >= 0.3 is 6.61 Å². The predicted octanol–water partition coefficient (Wildman–Crippen LogP) is 3.12. The molecule has 1 saturated heterocycles. The van der Waals surface area contributed by atoms with Crippen molar-refractivity contribution in [2.24, 2.45) is 0 Å². The summed E-state index contributed by atoms with van der Waals surface area (Å²) in [7, 11) is 0. The number of hydrogen-bond donors (Lipinski definition) is 1. The Morgan fingerprint density at radius 3 is 2.84 bits per heavy atom. The minimum absolute atomic E-state index is 0.00668. The van der Waals surface area contributed by atoms with Gasteiger partial charge in [0.2, 0.25) is 0 Å². The van der Waals surface area contributed by atoms with Crippen LogP contribution in [0.2, 0.25) is 0 Å². The van der Waals surface area contributed by atoms with Crippen LogP contribution in [0, 0.1) is 0 Å². The number of hydrogen-bond acceptors (Lipinski definition) is 3. The van der Waals surface area contributed by atoms with Crippen LogP contribution in [0.25, 0.3) is 0 Å². The summed E-state index contributed by atoms with van der Waals surface area (Å²) in [6.07, 6.45) is 0.609. The van der Waals surface area contributed by atoms with Crippen LogP contribution in [-0.2, 0) is 4.74 Å². The molecule has 0 amide bonds. The zero-order valence-corrected chi connectivity index (χ0v) is 11.2. The zero-order valence-electron chi connectivity index (χ0n) is 11.2. The minimum Gasteiger partial charge on any atom is -0.434 e. The largest absolute Gasteiger partial charge is 0.434 e. The van der Waals surface area contributed by atoms with Crippen molar-refractivity contribution in [2.75, 3.05) is 13.2 Å². The Kier molecular flexibility index (Phi) is 4.37. The topological polar surface area (TPSA) is 30.5 Å². The maximum Gasteiger partial charge on any atom is 0.387 e. The van der Waals surface area contributed by atoms with Gasteiger partial charge in [-0.1, -0.05) is 18.2 Å². The average Bonchev–Trinajstić information content (AvgIpc) is 2.50. The van der Waals surface area contributed by atoms with Crippen molar-refractivity contribution in [3.8, 4) is 5.75 Å². The first-order valence-corrected chi connectivity index (χ1v) is 6.38. The maximum absolute atomic E-state index is 12.4. The van der Waals surface area contributed by atoms with Crippen molar-refractivity contribution in [1.82, 2.24) is 5.32 Å². The Hall–Kier alpha value is -1.20. The summed E-state index contributed by atoms with van der Waals surface area (Å²) in [5.74, 6) is 0.184. The molecular formula is C14H19F2NO2. The fourth-order valence-electron chi connectivity index (χ4n) is 2.12. The summed E-state index contributed by atoms with van der Waals surface area (Å²) in [4.78, 5) is 0. The molecule has 0 bridgehead atoms. The van der Waals surface area contributed by atoms with Gasteiger partial charge in [0.15, 0.2) is 0 Å². The van der Waals surface area contributed by atoms with Gasteiger partial charge in [0.05, 0.1) is 6.10 Å². The second-order valence-electron chi connectivity index (χ2n) is 5.29. The monoisotopic (exact) mass is 271 g/mol. The third-order valence-electron chi connectivity index (χ3n) is 3.29. The van der Waals surface area contributed by atoms with E-state index >= 15 is 0 Å². The van der Waals surface area contributed by atoms with E-state index in [1.165, 1.54) is 0 Å². The molecule has 0 aromatic heterocycles. The van der Waals surface area contributed by atoms with Crippen LogP contribution in [0.3, 0.4) is 0 Å². The third-order valence-corrected chi connectivity index (χ3v) is 3.29. The molecule has 0 aliphatic carbocycles. The SMILES string of the molecule is CC1(C)CCOC(c2ccccc2OC(F)F)CN1. The van der Waals surface area contributed by atoms with Crippen molar-refractivity contribution in [3.63, 3.8) is 0 Å². The standard InChI is InChI=1S/C14H19F2NO2/c1-14(2)7-8-18-12(9-17-14)10-5-3-4-6-11(10)19-13(15)16/h3-6,12-13,17H,7-9H2,1-2H3. The Labute approximate surface area is 111 Å². The lowest BCUT2D eigenvalue weighted by atomic mass is 10.0. The normalized spacial score (nSPS) is 23.1. The number of halogens is 2. The van der Waals surface area contributed by atoms with Crippen LogP contribution in [0.1, 0.15) is 31.9 Å². The van der Waals surface area contributed by atoms with Gasteiger partial charge in [-0.2, -0.15) is 8.78 Å². The average molecular weight is 271 g/mol. The Bertz CT molecular complexity index is 424. The highest BCUT2D eigenvalue weighted by atomic mass is 19.3. The lowest BCUT2D eigenvalue weighted by Gasteiger charge is -2.23. The van der Waals surface area contributed by atoms with E-state index in [0.717, 1.165) is 6.42 Å². The summed E-state index contributed by atoms with van der Waals surface area (Å²) in [6, 6.07) is 6.78. The van der Waals surface area contributed by atoms with Gasteiger partial charge in [-0.15, -0.1) is 0 Å². The molecular weight excluding hydrogens is 252 g/mol. The molecule has 1 unspecified atom stereocenters.